The van der Waals surface area contributed by atoms with E-state index in [1.807, 2.05) is 13.8 Å². The van der Waals surface area contributed by atoms with Gasteiger partial charge >= 0.3 is 0 Å². The number of hydrogen-bond acceptors (Lipinski definition) is 5. The predicted octanol–water partition coefficient (Wildman–Crippen LogP) is 1.18. The van der Waals surface area contributed by atoms with Crippen LogP contribution in [0.5, 0.6) is 5.75 Å². The smallest absolute Gasteiger partial charge is 0.250 e. The molecule has 0 heterocycles. The summed E-state index contributed by atoms with van der Waals surface area (Å²) in [6, 6.07) is 6.78. The summed E-state index contributed by atoms with van der Waals surface area (Å²) in [4.78, 5) is 11.6. The van der Waals surface area contributed by atoms with Gasteiger partial charge in [-0.25, -0.2) is 0 Å². The van der Waals surface area contributed by atoms with E-state index in [0.717, 1.165) is 0 Å². The molecular formula is C13H19N3O4. The molecule has 7 heteroatoms. The molecule has 0 unspecified atom stereocenters. The van der Waals surface area contributed by atoms with Gasteiger partial charge in [0.2, 0.25) is 5.91 Å². The fourth-order valence-corrected chi connectivity index (χ4v) is 1.29. The number of nitrogens with zero attached hydrogens (tertiary/aromatic N) is 1. The van der Waals surface area contributed by atoms with Gasteiger partial charge in [0.05, 0.1) is 6.10 Å². The van der Waals surface area contributed by atoms with E-state index in [4.69, 9.17) is 20.4 Å². The molecule has 1 aromatic rings. The van der Waals surface area contributed by atoms with Crippen molar-refractivity contribution in [1.29, 1.82) is 0 Å². The maximum Gasteiger partial charge on any atom is 0.250 e. The number of amides is 1. The molecule has 0 radical (unpaired) electrons. The van der Waals surface area contributed by atoms with Gasteiger partial charge in [0.25, 0.3) is 0 Å². The van der Waals surface area contributed by atoms with E-state index in [0.29, 0.717) is 11.4 Å². The number of hydrogen-bond donors (Lipinski definition) is 3. The zero-order valence-electron chi connectivity index (χ0n) is 11.5. The minimum absolute atomic E-state index is 0.00355. The Morgan fingerprint density at radius 2 is 2.20 bits per heavy atom. The van der Waals surface area contributed by atoms with Crippen molar-refractivity contribution in [3.63, 3.8) is 0 Å². The van der Waals surface area contributed by atoms with Crippen LogP contribution < -0.4 is 15.8 Å². The van der Waals surface area contributed by atoms with Gasteiger partial charge in [-0.15, -0.1) is 0 Å². The Kier molecular flexibility index (Phi) is 6.31. The van der Waals surface area contributed by atoms with E-state index in [1.165, 1.54) is 0 Å². The lowest BCUT2D eigenvalue weighted by Crippen LogP contribution is -2.21. The number of amidine groups is 1. The fourth-order valence-electron chi connectivity index (χ4n) is 1.29. The quantitative estimate of drug-likeness (QED) is 0.301. The molecular weight excluding hydrogens is 262 g/mol. The summed E-state index contributed by atoms with van der Waals surface area (Å²) in [5.41, 5.74) is 5.88. The van der Waals surface area contributed by atoms with E-state index < -0.39 is 0 Å². The van der Waals surface area contributed by atoms with Gasteiger partial charge in [-0.05, 0) is 26.0 Å². The van der Waals surface area contributed by atoms with Crippen LogP contribution in [0.1, 0.15) is 13.8 Å². The Hall–Kier alpha value is -2.28. The minimum Gasteiger partial charge on any atom is -0.485 e. The summed E-state index contributed by atoms with van der Waals surface area (Å²) in [5, 5.41) is 13.9. The third kappa shape index (κ3) is 6.05. The van der Waals surface area contributed by atoms with E-state index in [2.05, 4.69) is 10.5 Å². The number of carbonyl (C=O) groups excluding carboxylic acids is 1. The molecule has 0 bridgehead atoms. The summed E-state index contributed by atoms with van der Waals surface area (Å²) in [6.07, 6.45) is -0.00355. The lowest BCUT2D eigenvalue weighted by molar-refractivity contribution is -0.121. The van der Waals surface area contributed by atoms with Crippen molar-refractivity contribution < 1.29 is 19.5 Å². The Balaban J connectivity index is 2.53. The van der Waals surface area contributed by atoms with Crippen molar-refractivity contribution in [2.24, 2.45) is 10.9 Å². The van der Waals surface area contributed by atoms with E-state index in [9.17, 15) is 4.79 Å². The minimum atomic E-state index is -0.243. The first-order valence-electron chi connectivity index (χ1n) is 6.12. The van der Waals surface area contributed by atoms with Crippen LogP contribution in [0.15, 0.2) is 29.4 Å². The van der Waals surface area contributed by atoms with Crippen LogP contribution in [-0.4, -0.2) is 36.3 Å². The number of nitrogens with two attached hydrogens (primary N) is 1. The molecule has 1 amide bonds. The van der Waals surface area contributed by atoms with Crippen molar-refractivity contribution in [2.75, 3.05) is 18.5 Å². The van der Waals surface area contributed by atoms with Gasteiger partial charge in [-0.1, -0.05) is 11.2 Å². The summed E-state index contributed by atoms with van der Waals surface area (Å²) in [7, 11) is 0. The second-order valence-corrected chi connectivity index (χ2v) is 4.32. The van der Waals surface area contributed by atoms with E-state index >= 15 is 0 Å². The molecule has 0 spiro atoms. The summed E-state index contributed by atoms with van der Waals surface area (Å²) in [6.45, 7) is 3.67. The van der Waals surface area contributed by atoms with Crippen LogP contribution >= 0.6 is 0 Å². The first-order chi connectivity index (χ1) is 9.51. The number of rotatable bonds is 7. The SMILES string of the molecule is CC(C)OCC(=O)Nc1cccc(OC/C(N)=N/O)c1. The van der Waals surface area contributed by atoms with E-state index in [-0.39, 0.29) is 31.1 Å². The summed E-state index contributed by atoms with van der Waals surface area (Å²) in [5.74, 6) is 0.219. The third-order valence-corrected chi connectivity index (χ3v) is 2.18. The highest BCUT2D eigenvalue weighted by Gasteiger charge is 2.05. The Labute approximate surface area is 117 Å². The van der Waals surface area contributed by atoms with Gasteiger partial charge in [0, 0.05) is 11.8 Å². The zero-order chi connectivity index (χ0) is 15.0. The molecule has 0 aliphatic heterocycles. The maximum absolute atomic E-state index is 11.6. The van der Waals surface area contributed by atoms with Gasteiger partial charge in [0.1, 0.15) is 19.0 Å². The number of carbonyl (C=O) groups is 1. The normalized spacial score (nSPS) is 11.4. The summed E-state index contributed by atoms with van der Waals surface area (Å²) >= 11 is 0. The molecule has 20 heavy (non-hydrogen) atoms. The van der Waals surface area contributed by atoms with Crippen molar-refractivity contribution in [1.82, 2.24) is 0 Å². The molecule has 1 aromatic carbocycles. The van der Waals surface area contributed by atoms with Gasteiger partial charge in [-0.3, -0.25) is 4.79 Å². The first kappa shape index (κ1) is 15.8. The van der Waals surface area contributed by atoms with Gasteiger partial charge < -0.3 is 25.7 Å². The number of anilines is 1. The molecule has 0 atom stereocenters. The largest absolute Gasteiger partial charge is 0.485 e. The summed E-state index contributed by atoms with van der Waals surface area (Å²) < 4.78 is 10.5. The lowest BCUT2D eigenvalue weighted by atomic mass is 10.3. The monoisotopic (exact) mass is 281 g/mol. The Morgan fingerprint density at radius 3 is 2.85 bits per heavy atom. The molecule has 0 aliphatic rings. The molecule has 1 rings (SSSR count). The highest BCUT2D eigenvalue weighted by molar-refractivity contribution is 5.91. The molecule has 0 aliphatic carbocycles. The Bertz CT molecular complexity index is 474. The lowest BCUT2D eigenvalue weighted by Gasteiger charge is -2.10. The first-order valence-corrected chi connectivity index (χ1v) is 6.12. The molecule has 0 fully saturated rings. The van der Waals surface area contributed by atoms with Crippen LogP contribution in [0.3, 0.4) is 0 Å². The van der Waals surface area contributed by atoms with Gasteiger partial charge in [0.15, 0.2) is 5.84 Å². The number of nitrogens with one attached hydrogen (secondary N) is 1. The number of ether oxygens (including phenoxy) is 2. The average Bonchev–Trinajstić information content (AvgIpc) is 2.43. The highest BCUT2D eigenvalue weighted by Crippen LogP contribution is 2.17. The highest BCUT2D eigenvalue weighted by atomic mass is 16.5. The van der Waals surface area contributed by atoms with Crippen LogP contribution in [-0.2, 0) is 9.53 Å². The van der Waals surface area contributed by atoms with E-state index in [1.54, 1.807) is 24.3 Å². The average molecular weight is 281 g/mol. The molecule has 0 aromatic heterocycles. The van der Waals surface area contributed by atoms with Crippen molar-refractivity contribution in [3.05, 3.63) is 24.3 Å². The fraction of sp³-hybridized carbons (Fsp3) is 0.385. The second kappa shape index (κ2) is 8.00. The van der Waals surface area contributed by atoms with Crippen LogP contribution in [0, 0.1) is 0 Å². The van der Waals surface area contributed by atoms with Crippen molar-refractivity contribution >= 4 is 17.4 Å². The molecule has 110 valence electrons. The second-order valence-electron chi connectivity index (χ2n) is 4.32. The maximum atomic E-state index is 11.6. The predicted molar refractivity (Wildman–Crippen MR) is 75.1 cm³/mol. The molecule has 7 nitrogen and oxygen atoms in total. The van der Waals surface area contributed by atoms with Crippen LogP contribution in [0.2, 0.25) is 0 Å². The molecule has 0 saturated heterocycles. The zero-order valence-corrected chi connectivity index (χ0v) is 11.5. The van der Waals surface area contributed by atoms with Crippen LogP contribution in [0.25, 0.3) is 0 Å². The van der Waals surface area contributed by atoms with Crippen molar-refractivity contribution in [3.8, 4) is 5.75 Å². The third-order valence-electron chi connectivity index (χ3n) is 2.18. The molecule has 4 N–H and O–H groups in total. The Morgan fingerprint density at radius 1 is 1.45 bits per heavy atom. The molecule has 0 saturated carbocycles. The number of benzene rings is 1. The van der Waals surface area contributed by atoms with Crippen molar-refractivity contribution in [2.45, 2.75) is 20.0 Å². The van der Waals surface area contributed by atoms with Gasteiger partial charge in [-0.2, -0.15) is 0 Å². The number of oxime groups is 1. The standard InChI is InChI=1S/C13H19N3O4/c1-9(2)19-8-13(17)15-10-4-3-5-11(6-10)20-7-12(14)16-18/h3-6,9,18H,7-8H2,1-2H3,(H2,14,16)(H,15,17). The van der Waals surface area contributed by atoms with Crippen LogP contribution in [0.4, 0.5) is 5.69 Å². The topological polar surface area (TPSA) is 106 Å².